The number of imidazole rings is 1. The van der Waals surface area contributed by atoms with Crippen molar-refractivity contribution < 1.29 is 4.39 Å². The van der Waals surface area contributed by atoms with Crippen molar-refractivity contribution in [3.05, 3.63) is 52.9 Å². The molecular formula is C25H28ClFN4. The van der Waals surface area contributed by atoms with Gasteiger partial charge >= 0.3 is 0 Å². The zero-order valence-electron chi connectivity index (χ0n) is 17.8. The molecule has 4 nitrogen and oxygen atoms in total. The van der Waals surface area contributed by atoms with Crippen LogP contribution < -0.4 is 5.32 Å². The molecule has 1 aliphatic heterocycles. The summed E-state index contributed by atoms with van der Waals surface area (Å²) in [5, 5.41) is 5.17. The summed E-state index contributed by atoms with van der Waals surface area (Å²) in [7, 11) is 0. The van der Waals surface area contributed by atoms with Gasteiger partial charge in [0.1, 0.15) is 11.6 Å². The highest BCUT2D eigenvalue weighted by molar-refractivity contribution is 6.36. The van der Waals surface area contributed by atoms with Crippen LogP contribution in [0.3, 0.4) is 0 Å². The lowest BCUT2D eigenvalue weighted by Crippen LogP contribution is -2.27. The molecule has 162 valence electrons. The van der Waals surface area contributed by atoms with Gasteiger partial charge in [0.25, 0.3) is 0 Å². The van der Waals surface area contributed by atoms with Crippen LogP contribution in [0.5, 0.6) is 0 Å². The van der Waals surface area contributed by atoms with E-state index in [2.05, 4.69) is 20.9 Å². The monoisotopic (exact) mass is 438 g/mol. The molecule has 6 heteroatoms. The smallest absolute Gasteiger partial charge is 0.139 e. The lowest BCUT2D eigenvalue weighted by Gasteiger charge is -2.22. The van der Waals surface area contributed by atoms with Gasteiger partial charge in [-0.1, -0.05) is 36.6 Å². The zero-order valence-corrected chi connectivity index (χ0v) is 18.6. The van der Waals surface area contributed by atoms with Gasteiger partial charge in [0.05, 0.1) is 21.6 Å². The van der Waals surface area contributed by atoms with Crippen molar-refractivity contribution in [3.8, 4) is 11.4 Å². The Labute approximate surface area is 186 Å². The summed E-state index contributed by atoms with van der Waals surface area (Å²) in [4.78, 5) is 8.05. The van der Waals surface area contributed by atoms with Crippen molar-refractivity contribution in [3.63, 3.8) is 0 Å². The van der Waals surface area contributed by atoms with Crippen LogP contribution in [0.4, 0.5) is 4.39 Å². The maximum absolute atomic E-state index is 14.0. The van der Waals surface area contributed by atoms with E-state index >= 15 is 0 Å². The van der Waals surface area contributed by atoms with Crippen LogP contribution in [0.2, 0.25) is 5.02 Å². The number of rotatable bonds is 6. The predicted molar refractivity (Wildman–Crippen MR) is 126 cm³/mol. The highest BCUT2D eigenvalue weighted by Gasteiger charge is 2.17. The van der Waals surface area contributed by atoms with Crippen LogP contribution in [0.25, 0.3) is 33.3 Å². The fraction of sp³-hybridized carbons (Fsp3) is 0.400. The number of aromatic amines is 1. The van der Waals surface area contributed by atoms with Gasteiger partial charge in [0, 0.05) is 29.3 Å². The Morgan fingerprint density at radius 3 is 2.84 bits per heavy atom. The molecule has 4 aromatic rings. The molecule has 2 aromatic heterocycles. The summed E-state index contributed by atoms with van der Waals surface area (Å²) in [6, 6.07) is 9.40. The number of nitrogens with zero attached hydrogens (tertiary/aromatic N) is 2. The Kier molecular flexibility index (Phi) is 5.72. The van der Waals surface area contributed by atoms with Gasteiger partial charge < -0.3 is 14.9 Å². The van der Waals surface area contributed by atoms with Crippen LogP contribution >= 0.6 is 11.6 Å². The summed E-state index contributed by atoms with van der Waals surface area (Å²) >= 11 is 6.69. The Bertz CT molecular complexity index is 1220. The predicted octanol–water partition coefficient (Wildman–Crippen LogP) is 6.46. The molecule has 0 spiro atoms. The molecule has 3 heterocycles. The molecular weight excluding hydrogens is 411 g/mol. The van der Waals surface area contributed by atoms with Crippen LogP contribution in [0, 0.1) is 18.7 Å². The van der Waals surface area contributed by atoms with Crippen LogP contribution in [0.1, 0.15) is 37.7 Å². The number of piperidine rings is 1. The molecule has 1 aliphatic rings. The summed E-state index contributed by atoms with van der Waals surface area (Å²) in [5.74, 6) is 1.36. The molecule has 0 radical (unpaired) electrons. The van der Waals surface area contributed by atoms with E-state index in [9.17, 15) is 4.39 Å². The van der Waals surface area contributed by atoms with Gasteiger partial charge in [-0.2, -0.15) is 0 Å². The zero-order chi connectivity index (χ0) is 21.4. The third-order valence-electron chi connectivity index (χ3n) is 6.68. The second-order valence-corrected chi connectivity index (χ2v) is 9.12. The second-order valence-electron chi connectivity index (χ2n) is 8.71. The minimum atomic E-state index is -0.238. The van der Waals surface area contributed by atoms with Crippen molar-refractivity contribution in [1.82, 2.24) is 19.9 Å². The molecule has 0 bridgehead atoms. The molecule has 0 atom stereocenters. The first-order valence-electron chi connectivity index (χ1n) is 11.2. The van der Waals surface area contributed by atoms with Gasteiger partial charge in [-0.05, 0) is 63.4 Å². The molecule has 1 saturated heterocycles. The Morgan fingerprint density at radius 2 is 2.00 bits per heavy atom. The van der Waals surface area contributed by atoms with Crippen LogP contribution in [-0.2, 0) is 6.54 Å². The van der Waals surface area contributed by atoms with Crippen molar-refractivity contribution >= 4 is 33.5 Å². The first-order valence-corrected chi connectivity index (χ1v) is 11.6. The Morgan fingerprint density at radius 1 is 1.16 bits per heavy atom. The van der Waals surface area contributed by atoms with E-state index in [0.29, 0.717) is 11.1 Å². The molecule has 0 unspecified atom stereocenters. The second kappa shape index (κ2) is 8.64. The molecule has 2 N–H and O–H groups in total. The number of benzene rings is 2. The van der Waals surface area contributed by atoms with Crippen molar-refractivity contribution in [2.45, 2.75) is 45.6 Å². The van der Waals surface area contributed by atoms with Crippen LogP contribution in [0.15, 0.2) is 36.5 Å². The average Bonchev–Trinajstić information content (AvgIpc) is 3.37. The number of halogens is 2. The molecule has 0 saturated carbocycles. The number of hydrogen-bond donors (Lipinski definition) is 2. The number of aryl methyl sites for hydroxylation is 2. The highest BCUT2D eigenvalue weighted by atomic mass is 35.5. The maximum Gasteiger partial charge on any atom is 0.139 e. The normalized spacial score (nSPS) is 15.3. The minimum Gasteiger partial charge on any atom is -0.346 e. The van der Waals surface area contributed by atoms with Crippen molar-refractivity contribution in [2.24, 2.45) is 5.92 Å². The number of H-pyrrole nitrogens is 1. The highest BCUT2D eigenvalue weighted by Crippen LogP contribution is 2.35. The fourth-order valence-electron chi connectivity index (χ4n) is 4.88. The van der Waals surface area contributed by atoms with Gasteiger partial charge in [-0.3, -0.25) is 0 Å². The number of unbranched alkanes of at least 4 members (excludes halogenated alkanes) is 1. The lowest BCUT2D eigenvalue weighted by molar-refractivity contribution is 0.341. The largest absolute Gasteiger partial charge is 0.346 e. The third kappa shape index (κ3) is 3.97. The lowest BCUT2D eigenvalue weighted by atomic mass is 9.92. The number of aromatic nitrogens is 3. The van der Waals surface area contributed by atoms with E-state index in [1.54, 1.807) is 13.0 Å². The number of hydrogen-bond acceptors (Lipinski definition) is 2. The average molecular weight is 439 g/mol. The quantitative estimate of drug-likeness (QED) is 0.339. The topological polar surface area (TPSA) is 45.6 Å². The molecule has 0 aliphatic carbocycles. The molecule has 2 aromatic carbocycles. The minimum absolute atomic E-state index is 0.238. The number of nitrogens with one attached hydrogen (secondary N) is 2. The maximum atomic E-state index is 14.0. The standard InChI is InChI=1S/C25H28ClFN4/c1-16-20(27)8-9-21-24(16)30-25(29-21)18-6-4-7-22-23(18)19(26)15-31(22)14-3-2-5-17-10-12-28-13-11-17/h4,6-9,15,17,28H,2-3,5,10-14H2,1H3,(H,29,30). The molecule has 1 fully saturated rings. The number of fused-ring (bicyclic) bond motifs is 2. The first-order chi connectivity index (χ1) is 15.1. The van der Waals surface area contributed by atoms with Crippen molar-refractivity contribution in [1.29, 1.82) is 0 Å². The van der Waals surface area contributed by atoms with Gasteiger partial charge in [0.15, 0.2) is 0 Å². The van der Waals surface area contributed by atoms with E-state index in [4.69, 9.17) is 16.6 Å². The van der Waals surface area contributed by atoms with Gasteiger partial charge in [-0.15, -0.1) is 0 Å². The first kappa shape index (κ1) is 20.5. The van der Waals surface area contributed by atoms with Gasteiger partial charge in [-0.25, -0.2) is 9.37 Å². The van der Waals surface area contributed by atoms with Gasteiger partial charge in [0.2, 0.25) is 0 Å². The molecule has 31 heavy (non-hydrogen) atoms. The summed E-state index contributed by atoms with van der Waals surface area (Å²) < 4.78 is 16.2. The Balaban J connectivity index is 1.40. The Hall–Kier alpha value is -2.37. The van der Waals surface area contributed by atoms with E-state index in [-0.39, 0.29) is 5.82 Å². The SMILES string of the molecule is Cc1c(F)ccc2[nH]c(-c3cccc4c3c(Cl)cn4CCCCC3CCNCC3)nc12. The summed E-state index contributed by atoms with van der Waals surface area (Å²) in [6.45, 7) is 5.05. The fourth-order valence-corrected chi connectivity index (χ4v) is 5.20. The van der Waals surface area contributed by atoms with Crippen LogP contribution in [-0.4, -0.2) is 27.6 Å². The van der Waals surface area contributed by atoms with Crippen molar-refractivity contribution in [2.75, 3.05) is 13.1 Å². The molecule has 0 amide bonds. The molecule has 5 rings (SSSR count). The third-order valence-corrected chi connectivity index (χ3v) is 6.96. The summed E-state index contributed by atoms with van der Waals surface area (Å²) in [5.41, 5.74) is 4.13. The summed E-state index contributed by atoms with van der Waals surface area (Å²) in [6.07, 6.45) is 8.36. The van der Waals surface area contributed by atoms with E-state index in [1.165, 1.54) is 44.8 Å². The van der Waals surface area contributed by atoms with E-state index in [1.807, 2.05) is 18.3 Å². The van der Waals surface area contributed by atoms with E-state index < -0.39 is 0 Å². The van der Waals surface area contributed by atoms with E-state index in [0.717, 1.165) is 51.7 Å².